The van der Waals surface area contributed by atoms with Crippen LogP contribution in [0.15, 0.2) is 53.9 Å². The summed E-state index contributed by atoms with van der Waals surface area (Å²) < 4.78 is 10.7. The van der Waals surface area contributed by atoms with Crippen LogP contribution in [0.1, 0.15) is 0 Å². The first-order valence-electron chi connectivity index (χ1n) is 6.55. The summed E-state index contributed by atoms with van der Waals surface area (Å²) in [5.74, 6) is 1.54. The first-order valence-corrected chi connectivity index (χ1v) is 7.43. The van der Waals surface area contributed by atoms with E-state index in [1.165, 1.54) is 0 Å². The van der Waals surface area contributed by atoms with Crippen LogP contribution in [0.25, 0.3) is 21.8 Å². The Bertz CT molecular complexity index is 738. The van der Waals surface area contributed by atoms with Crippen molar-refractivity contribution in [2.75, 3.05) is 14.2 Å². The summed E-state index contributed by atoms with van der Waals surface area (Å²) in [5.41, 5.74) is 3.08. The number of ether oxygens (including phenoxy) is 2. The largest absolute Gasteiger partial charge is 0.497 e. The van der Waals surface area contributed by atoms with E-state index < -0.39 is 0 Å². The number of rotatable bonds is 4. The number of hydrogen-bond acceptors (Lipinski definition) is 4. The molecule has 0 radical (unpaired) electrons. The Balaban J connectivity index is 2.00. The fourth-order valence-electron chi connectivity index (χ4n) is 2.11. The molecule has 1 heterocycles. The molecule has 3 nitrogen and oxygen atoms in total. The molecule has 0 fully saturated rings. The summed E-state index contributed by atoms with van der Waals surface area (Å²) in [6, 6.07) is 15.9. The van der Waals surface area contributed by atoms with Gasteiger partial charge in [-0.2, -0.15) is 0 Å². The lowest BCUT2D eigenvalue weighted by Crippen LogP contribution is -1.90. The molecule has 0 atom stereocenters. The standard InChI is InChI=1S/C17H15NO2S/c1-19-13-8-9-14(16(10-13)20-2)17-18-15(11-21-17)12-6-4-3-5-7-12/h3-11H,1-2H3. The van der Waals surface area contributed by atoms with Gasteiger partial charge in [0.15, 0.2) is 0 Å². The van der Waals surface area contributed by atoms with Gasteiger partial charge in [-0.25, -0.2) is 4.98 Å². The highest BCUT2D eigenvalue weighted by Crippen LogP contribution is 2.36. The summed E-state index contributed by atoms with van der Waals surface area (Å²) in [6.45, 7) is 0. The Hall–Kier alpha value is -2.33. The van der Waals surface area contributed by atoms with Crippen LogP contribution in [0.5, 0.6) is 11.5 Å². The summed E-state index contributed by atoms with van der Waals surface area (Å²) in [6.07, 6.45) is 0. The average Bonchev–Trinajstić information content (AvgIpc) is 3.04. The van der Waals surface area contributed by atoms with Crippen molar-refractivity contribution in [3.8, 4) is 33.3 Å². The van der Waals surface area contributed by atoms with Gasteiger partial charge >= 0.3 is 0 Å². The Morgan fingerprint density at radius 3 is 2.48 bits per heavy atom. The van der Waals surface area contributed by atoms with Gasteiger partial charge < -0.3 is 9.47 Å². The molecule has 0 unspecified atom stereocenters. The SMILES string of the molecule is COc1ccc(-c2nc(-c3ccccc3)cs2)c(OC)c1. The van der Waals surface area contributed by atoms with Crippen molar-refractivity contribution in [1.82, 2.24) is 4.98 Å². The fraction of sp³-hybridized carbons (Fsp3) is 0.118. The van der Waals surface area contributed by atoms with Gasteiger partial charge in [0.05, 0.1) is 25.5 Å². The van der Waals surface area contributed by atoms with E-state index in [9.17, 15) is 0 Å². The number of methoxy groups -OCH3 is 2. The number of thiazole rings is 1. The lowest BCUT2D eigenvalue weighted by Gasteiger charge is -2.08. The number of hydrogen-bond donors (Lipinski definition) is 0. The first-order chi connectivity index (χ1) is 10.3. The summed E-state index contributed by atoms with van der Waals surface area (Å²) in [5, 5.41) is 3.00. The molecule has 4 heteroatoms. The van der Waals surface area contributed by atoms with Crippen LogP contribution >= 0.6 is 11.3 Å². The van der Waals surface area contributed by atoms with Gasteiger partial charge in [0.25, 0.3) is 0 Å². The van der Waals surface area contributed by atoms with Crippen LogP contribution in [0.2, 0.25) is 0 Å². The Morgan fingerprint density at radius 1 is 0.952 bits per heavy atom. The summed E-state index contributed by atoms with van der Waals surface area (Å²) in [7, 11) is 3.30. The maximum Gasteiger partial charge on any atom is 0.132 e. The van der Waals surface area contributed by atoms with E-state index in [4.69, 9.17) is 14.5 Å². The molecule has 3 rings (SSSR count). The molecule has 21 heavy (non-hydrogen) atoms. The minimum Gasteiger partial charge on any atom is -0.497 e. The van der Waals surface area contributed by atoms with Crippen molar-refractivity contribution in [1.29, 1.82) is 0 Å². The van der Waals surface area contributed by atoms with Crippen molar-refractivity contribution in [3.05, 3.63) is 53.9 Å². The van der Waals surface area contributed by atoms with Crippen molar-refractivity contribution < 1.29 is 9.47 Å². The molecule has 106 valence electrons. The molecular weight excluding hydrogens is 282 g/mol. The molecule has 0 amide bonds. The third-order valence-corrected chi connectivity index (χ3v) is 4.09. The molecule has 0 aliphatic rings. The van der Waals surface area contributed by atoms with Gasteiger partial charge in [-0.05, 0) is 12.1 Å². The molecule has 1 aromatic heterocycles. The third-order valence-electron chi connectivity index (χ3n) is 3.21. The van der Waals surface area contributed by atoms with Crippen molar-refractivity contribution in [2.24, 2.45) is 0 Å². The van der Waals surface area contributed by atoms with Crippen molar-refractivity contribution in [3.63, 3.8) is 0 Å². The Morgan fingerprint density at radius 2 is 1.76 bits per heavy atom. The summed E-state index contributed by atoms with van der Waals surface area (Å²) in [4.78, 5) is 4.71. The molecule has 0 saturated carbocycles. The van der Waals surface area contributed by atoms with Gasteiger partial charge in [0.2, 0.25) is 0 Å². The second-order valence-electron chi connectivity index (χ2n) is 4.47. The van der Waals surface area contributed by atoms with E-state index in [0.717, 1.165) is 33.3 Å². The molecular formula is C17H15NO2S. The maximum absolute atomic E-state index is 5.44. The zero-order valence-corrected chi connectivity index (χ0v) is 12.7. The monoisotopic (exact) mass is 297 g/mol. The maximum atomic E-state index is 5.44. The molecule has 2 aromatic carbocycles. The van der Waals surface area contributed by atoms with E-state index in [0.29, 0.717) is 0 Å². The second kappa shape index (κ2) is 5.97. The van der Waals surface area contributed by atoms with Gasteiger partial charge in [0, 0.05) is 17.0 Å². The minimum atomic E-state index is 0.767. The highest BCUT2D eigenvalue weighted by molar-refractivity contribution is 7.13. The molecule has 3 aromatic rings. The van der Waals surface area contributed by atoms with Crippen LogP contribution in [-0.4, -0.2) is 19.2 Å². The van der Waals surface area contributed by atoms with Gasteiger partial charge in [0.1, 0.15) is 16.5 Å². The van der Waals surface area contributed by atoms with E-state index >= 15 is 0 Å². The number of aromatic nitrogens is 1. The fourth-order valence-corrected chi connectivity index (χ4v) is 2.97. The van der Waals surface area contributed by atoms with Crippen molar-refractivity contribution in [2.45, 2.75) is 0 Å². The zero-order chi connectivity index (χ0) is 14.7. The van der Waals surface area contributed by atoms with Crippen LogP contribution in [0.4, 0.5) is 0 Å². The second-order valence-corrected chi connectivity index (χ2v) is 5.33. The van der Waals surface area contributed by atoms with Gasteiger partial charge in [-0.15, -0.1) is 11.3 Å². The van der Waals surface area contributed by atoms with Crippen LogP contribution in [-0.2, 0) is 0 Å². The number of benzene rings is 2. The van der Waals surface area contributed by atoms with Crippen LogP contribution in [0.3, 0.4) is 0 Å². The molecule has 0 saturated heterocycles. The normalized spacial score (nSPS) is 10.4. The smallest absolute Gasteiger partial charge is 0.132 e. The molecule has 0 spiro atoms. The van der Waals surface area contributed by atoms with Crippen LogP contribution < -0.4 is 9.47 Å². The first kappa shape index (κ1) is 13.6. The van der Waals surface area contributed by atoms with E-state index in [1.807, 2.05) is 36.4 Å². The summed E-state index contributed by atoms with van der Waals surface area (Å²) >= 11 is 1.61. The molecule has 0 N–H and O–H groups in total. The number of nitrogens with zero attached hydrogens (tertiary/aromatic N) is 1. The predicted octanol–water partition coefficient (Wildman–Crippen LogP) is 4.49. The van der Waals surface area contributed by atoms with E-state index in [-0.39, 0.29) is 0 Å². The lowest BCUT2D eigenvalue weighted by molar-refractivity contribution is 0.395. The van der Waals surface area contributed by atoms with Crippen molar-refractivity contribution >= 4 is 11.3 Å². The zero-order valence-electron chi connectivity index (χ0n) is 11.9. The topological polar surface area (TPSA) is 31.4 Å². The van der Waals surface area contributed by atoms with E-state index in [2.05, 4.69) is 17.5 Å². The van der Waals surface area contributed by atoms with Gasteiger partial charge in [-0.1, -0.05) is 30.3 Å². The predicted molar refractivity (Wildman–Crippen MR) is 86.1 cm³/mol. The lowest BCUT2D eigenvalue weighted by atomic mass is 10.1. The molecule has 0 bridgehead atoms. The Kier molecular flexibility index (Phi) is 3.88. The van der Waals surface area contributed by atoms with E-state index in [1.54, 1.807) is 25.6 Å². The highest BCUT2D eigenvalue weighted by atomic mass is 32.1. The molecule has 0 aliphatic carbocycles. The van der Waals surface area contributed by atoms with Crippen LogP contribution in [0, 0.1) is 0 Å². The minimum absolute atomic E-state index is 0.767. The third kappa shape index (κ3) is 2.76. The highest BCUT2D eigenvalue weighted by Gasteiger charge is 2.12. The van der Waals surface area contributed by atoms with Gasteiger partial charge in [-0.3, -0.25) is 0 Å². The molecule has 0 aliphatic heterocycles. The average molecular weight is 297 g/mol. The Labute approximate surface area is 127 Å². The quantitative estimate of drug-likeness (QED) is 0.711.